The van der Waals surface area contributed by atoms with Gasteiger partial charge in [-0.1, -0.05) is 6.07 Å². The van der Waals surface area contributed by atoms with Gasteiger partial charge in [0.05, 0.1) is 14.2 Å². The first-order valence-corrected chi connectivity index (χ1v) is 4.99. The van der Waals surface area contributed by atoms with E-state index in [0.29, 0.717) is 17.1 Å². The lowest BCUT2D eigenvalue weighted by atomic mass is 10.1. The molecule has 0 bridgehead atoms. The third-order valence-electron chi connectivity index (χ3n) is 2.49. The smallest absolute Gasteiger partial charge is 0.374 e. The van der Waals surface area contributed by atoms with Gasteiger partial charge < -0.3 is 19.3 Å². The fraction of sp³-hybridized carbons (Fsp3) is 0.250. The van der Waals surface area contributed by atoms with Crippen LogP contribution in [0.15, 0.2) is 30.0 Å². The van der Waals surface area contributed by atoms with E-state index in [2.05, 4.69) is 0 Å². The quantitative estimate of drug-likeness (QED) is 0.810. The highest BCUT2D eigenvalue weighted by atomic mass is 16.6. The Morgan fingerprint density at radius 3 is 2.47 bits per heavy atom. The molecule has 0 amide bonds. The minimum absolute atomic E-state index is 0.371. The Morgan fingerprint density at radius 1 is 1.24 bits per heavy atom. The average Bonchev–Trinajstić information content (AvgIpc) is 2.68. The molecule has 5 nitrogen and oxygen atoms in total. The predicted molar refractivity (Wildman–Crippen MR) is 59.1 cm³/mol. The normalized spacial score (nSPS) is 18.6. The van der Waals surface area contributed by atoms with Crippen molar-refractivity contribution in [1.29, 1.82) is 0 Å². The van der Waals surface area contributed by atoms with E-state index in [9.17, 15) is 9.90 Å². The molecule has 1 aromatic carbocycles. The second-order valence-electron chi connectivity index (χ2n) is 3.49. The number of carbonyl (C=O) groups excluding carboxylic acids is 1. The average molecular weight is 236 g/mol. The zero-order valence-corrected chi connectivity index (χ0v) is 9.47. The maximum Gasteiger partial charge on any atom is 0.374 e. The highest BCUT2D eigenvalue weighted by molar-refractivity contribution is 5.88. The number of cyclic esters (lactones) is 1. The Hall–Kier alpha value is -2.17. The Morgan fingerprint density at radius 2 is 1.94 bits per heavy atom. The third-order valence-corrected chi connectivity index (χ3v) is 2.49. The van der Waals surface area contributed by atoms with Crippen molar-refractivity contribution >= 4 is 5.97 Å². The van der Waals surface area contributed by atoms with Gasteiger partial charge in [0.25, 0.3) is 0 Å². The van der Waals surface area contributed by atoms with Crippen LogP contribution < -0.4 is 9.47 Å². The Bertz CT molecular complexity index is 478. The number of esters is 1. The lowest BCUT2D eigenvalue weighted by Crippen LogP contribution is -2.02. The second kappa shape index (κ2) is 4.37. The number of carbonyl (C=O) groups is 1. The van der Waals surface area contributed by atoms with Gasteiger partial charge in [-0.3, -0.25) is 0 Å². The summed E-state index contributed by atoms with van der Waals surface area (Å²) in [5, 5.41) is 9.19. The molecule has 0 saturated carbocycles. The standard InChI is InChI=1S/C12H12O5/c1-15-9-4-3-7(5-11(9)16-2)10-6-8(13)12(14)17-10/h3-6,10,13H,1-2H3. The number of aliphatic hydroxyl groups is 1. The monoisotopic (exact) mass is 236 g/mol. The van der Waals surface area contributed by atoms with Crippen molar-refractivity contribution in [1.82, 2.24) is 0 Å². The summed E-state index contributed by atoms with van der Waals surface area (Å²) in [5.74, 6) is 0.0455. The molecule has 17 heavy (non-hydrogen) atoms. The van der Waals surface area contributed by atoms with Crippen LogP contribution in [0, 0.1) is 0 Å². The number of ether oxygens (including phenoxy) is 3. The molecule has 1 unspecified atom stereocenters. The van der Waals surface area contributed by atoms with Crippen molar-refractivity contribution in [2.24, 2.45) is 0 Å². The molecular formula is C12H12O5. The zero-order chi connectivity index (χ0) is 12.4. The Labute approximate surface area is 98.2 Å². The summed E-state index contributed by atoms with van der Waals surface area (Å²) in [6, 6.07) is 5.16. The summed E-state index contributed by atoms with van der Waals surface area (Å²) in [7, 11) is 3.06. The van der Waals surface area contributed by atoms with Gasteiger partial charge >= 0.3 is 5.97 Å². The molecule has 0 aliphatic carbocycles. The molecule has 0 fully saturated rings. The molecule has 1 atom stereocenters. The van der Waals surface area contributed by atoms with Crippen LogP contribution in [-0.4, -0.2) is 25.3 Å². The van der Waals surface area contributed by atoms with Crippen LogP contribution in [0.3, 0.4) is 0 Å². The van der Waals surface area contributed by atoms with Crippen LogP contribution in [0.25, 0.3) is 0 Å². The van der Waals surface area contributed by atoms with E-state index in [0.717, 1.165) is 0 Å². The minimum atomic E-state index is -0.718. The molecule has 1 aliphatic rings. The van der Waals surface area contributed by atoms with E-state index in [1.807, 2.05) is 0 Å². The lowest BCUT2D eigenvalue weighted by molar-refractivity contribution is -0.142. The number of aliphatic hydroxyl groups excluding tert-OH is 1. The number of hydrogen-bond acceptors (Lipinski definition) is 5. The van der Waals surface area contributed by atoms with Gasteiger partial charge in [0, 0.05) is 11.6 Å². The molecule has 1 N–H and O–H groups in total. The molecule has 0 aromatic heterocycles. The fourth-order valence-corrected chi connectivity index (χ4v) is 1.62. The summed E-state index contributed by atoms with van der Waals surface area (Å²) in [6.45, 7) is 0. The van der Waals surface area contributed by atoms with E-state index in [4.69, 9.17) is 14.2 Å². The molecule has 0 saturated heterocycles. The van der Waals surface area contributed by atoms with Crippen molar-refractivity contribution in [3.05, 3.63) is 35.6 Å². The van der Waals surface area contributed by atoms with Gasteiger partial charge in [0.1, 0.15) is 6.10 Å². The van der Waals surface area contributed by atoms with E-state index in [1.54, 1.807) is 25.3 Å². The fourth-order valence-electron chi connectivity index (χ4n) is 1.62. The summed E-state index contributed by atoms with van der Waals surface area (Å²) in [4.78, 5) is 11.0. The van der Waals surface area contributed by atoms with Gasteiger partial charge in [-0.25, -0.2) is 4.79 Å². The molecule has 0 radical (unpaired) electrons. The molecule has 5 heteroatoms. The minimum Gasteiger partial charge on any atom is -0.502 e. The van der Waals surface area contributed by atoms with E-state index in [1.165, 1.54) is 13.2 Å². The summed E-state index contributed by atoms with van der Waals surface area (Å²) in [5.41, 5.74) is 0.708. The maximum atomic E-state index is 11.0. The van der Waals surface area contributed by atoms with Crippen LogP contribution in [0.4, 0.5) is 0 Å². The largest absolute Gasteiger partial charge is 0.502 e. The van der Waals surface area contributed by atoms with E-state index in [-0.39, 0.29) is 5.76 Å². The van der Waals surface area contributed by atoms with Crippen molar-refractivity contribution in [3.8, 4) is 11.5 Å². The van der Waals surface area contributed by atoms with E-state index >= 15 is 0 Å². The van der Waals surface area contributed by atoms with Crippen LogP contribution in [-0.2, 0) is 9.53 Å². The van der Waals surface area contributed by atoms with E-state index < -0.39 is 12.1 Å². The van der Waals surface area contributed by atoms with Crippen LogP contribution >= 0.6 is 0 Å². The predicted octanol–water partition coefficient (Wildman–Crippen LogP) is 1.74. The molecule has 1 aromatic rings. The number of benzene rings is 1. The molecule has 1 heterocycles. The first kappa shape index (κ1) is 11.3. The number of rotatable bonds is 3. The summed E-state index contributed by atoms with van der Waals surface area (Å²) < 4.78 is 15.2. The lowest BCUT2D eigenvalue weighted by Gasteiger charge is -2.12. The summed E-state index contributed by atoms with van der Waals surface area (Å²) >= 11 is 0. The molecule has 0 spiro atoms. The highest BCUT2D eigenvalue weighted by Crippen LogP contribution is 2.33. The van der Waals surface area contributed by atoms with Crippen molar-refractivity contribution in [3.63, 3.8) is 0 Å². The van der Waals surface area contributed by atoms with Crippen LogP contribution in [0.1, 0.15) is 11.7 Å². The maximum absolute atomic E-state index is 11.0. The zero-order valence-electron chi connectivity index (χ0n) is 9.47. The second-order valence-corrected chi connectivity index (χ2v) is 3.49. The van der Waals surface area contributed by atoms with Gasteiger partial charge in [-0.15, -0.1) is 0 Å². The molecule has 90 valence electrons. The molecule has 1 aliphatic heterocycles. The van der Waals surface area contributed by atoms with Crippen molar-refractivity contribution < 1.29 is 24.1 Å². The van der Waals surface area contributed by atoms with Crippen molar-refractivity contribution in [2.45, 2.75) is 6.10 Å². The van der Waals surface area contributed by atoms with Gasteiger partial charge in [0.2, 0.25) is 5.76 Å². The summed E-state index contributed by atoms with van der Waals surface area (Å²) in [6.07, 6.45) is 0.770. The first-order valence-electron chi connectivity index (χ1n) is 4.99. The van der Waals surface area contributed by atoms with Gasteiger partial charge in [-0.05, 0) is 12.1 Å². The first-order chi connectivity index (χ1) is 8.15. The topological polar surface area (TPSA) is 65.0 Å². The SMILES string of the molecule is COc1ccc(C2C=C(O)C(=O)O2)cc1OC. The van der Waals surface area contributed by atoms with Crippen LogP contribution in [0.2, 0.25) is 0 Å². The third kappa shape index (κ3) is 2.04. The van der Waals surface area contributed by atoms with Gasteiger partial charge in [-0.2, -0.15) is 0 Å². The number of methoxy groups -OCH3 is 2. The molecular weight excluding hydrogens is 224 g/mol. The number of hydrogen-bond donors (Lipinski definition) is 1. The highest BCUT2D eigenvalue weighted by Gasteiger charge is 2.26. The van der Waals surface area contributed by atoms with Gasteiger partial charge in [0.15, 0.2) is 11.5 Å². The van der Waals surface area contributed by atoms with Crippen LogP contribution in [0.5, 0.6) is 11.5 Å². The molecule has 2 rings (SSSR count). The Balaban J connectivity index is 2.32. The Kier molecular flexibility index (Phi) is 2.91. The van der Waals surface area contributed by atoms with Crippen molar-refractivity contribution in [2.75, 3.05) is 14.2 Å².